The smallest absolute Gasteiger partial charge is 0.272 e. The summed E-state index contributed by atoms with van der Waals surface area (Å²) >= 11 is 0. The molecule has 0 aliphatic heterocycles. The average Bonchev–Trinajstić information content (AvgIpc) is 2.51. The van der Waals surface area contributed by atoms with Crippen LogP contribution in [0.1, 0.15) is 31.4 Å². The molecule has 0 bridgehead atoms. The lowest BCUT2D eigenvalue weighted by molar-refractivity contribution is -0.385. The van der Waals surface area contributed by atoms with Gasteiger partial charge < -0.3 is 9.84 Å². The van der Waals surface area contributed by atoms with Crippen LogP contribution in [0.5, 0.6) is 5.75 Å². The van der Waals surface area contributed by atoms with Crippen molar-refractivity contribution in [2.75, 3.05) is 0 Å². The maximum atomic E-state index is 11.1. The Balaban J connectivity index is 2.13. The maximum absolute atomic E-state index is 11.1. The largest absolute Gasteiger partial charge is 0.489 e. The molecule has 1 N–H and O–H groups in total. The van der Waals surface area contributed by atoms with Crippen molar-refractivity contribution >= 4 is 5.69 Å². The topological polar surface area (TPSA) is 72.6 Å². The van der Waals surface area contributed by atoms with Crippen LogP contribution in [0.2, 0.25) is 0 Å². The molecule has 0 atom stereocenters. The van der Waals surface area contributed by atoms with Crippen molar-refractivity contribution in [2.24, 2.45) is 0 Å². The molecule has 2 rings (SSSR count). The second-order valence-electron chi connectivity index (χ2n) is 6.13. The van der Waals surface area contributed by atoms with Gasteiger partial charge in [0.05, 0.1) is 10.5 Å². The van der Waals surface area contributed by atoms with Gasteiger partial charge in [-0.2, -0.15) is 0 Å². The molecule has 0 heterocycles. The Hall–Kier alpha value is -2.40. The maximum Gasteiger partial charge on any atom is 0.272 e. The predicted molar refractivity (Wildman–Crippen MR) is 88.5 cm³/mol. The van der Waals surface area contributed by atoms with Crippen LogP contribution < -0.4 is 4.74 Å². The average molecular weight is 315 g/mol. The Morgan fingerprint density at radius 2 is 1.87 bits per heavy atom. The second-order valence-corrected chi connectivity index (χ2v) is 6.13. The minimum atomic E-state index is -0.866. The Labute approximate surface area is 135 Å². The lowest BCUT2D eigenvalue weighted by Crippen LogP contribution is -2.19. The minimum Gasteiger partial charge on any atom is -0.489 e. The zero-order valence-electron chi connectivity index (χ0n) is 13.4. The van der Waals surface area contributed by atoms with Crippen LogP contribution in [0.3, 0.4) is 0 Å². The van der Waals surface area contributed by atoms with E-state index in [1.165, 1.54) is 6.07 Å². The molecule has 0 radical (unpaired) electrons. The third-order valence-electron chi connectivity index (χ3n) is 3.50. The van der Waals surface area contributed by atoms with Gasteiger partial charge in [0.25, 0.3) is 5.69 Å². The van der Waals surface area contributed by atoms with E-state index in [-0.39, 0.29) is 5.69 Å². The summed E-state index contributed by atoms with van der Waals surface area (Å²) in [7, 11) is 0. The van der Waals surface area contributed by atoms with Gasteiger partial charge in [-0.05, 0) is 44.4 Å². The Kier molecular flexibility index (Phi) is 5.34. The van der Waals surface area contributed by atoms with Crippen molar-refractivity contribution in [3.63, 3.8) is 0 Å². The van der Waals surface area contributed by atoms with Crippen molar-refractivity contribution in [2.45, 2.75) is 38.9 Å². The molecule has 23 heavy (non-hydrogen) atoms. The van der Waals surface area contributed by atoms with Gasteiger partial charge in [0.1, 0.15) is 12.4 Å². The van der Waals surface area contributed by atoms with E-state index in [4.69, 9.17) is 4.74 Å². The summed E-state index contributed by atoms with van der Waals surface area (Å²) in [6.07, 6.45) is 0.859. The first-order valence-corrected chi connectivity index (χ1v) is 7.51. The summed E-state index contributed by atoms with van der Waals surface area (Å²) in [5, 5.41) is 21.0. The van der Waals surface area contributed by atoms with E-state index in [2.05, 4.69) is 0 Å². The first-order valence-electron chi connectivity index (χ1n) is 7.51. The summed E-state index contributed by atoms with van der Waals surface area (Å²) in [5.41, 5.74) is 0.794. The van der Waals surface area contributed by atoms with E-state index in [0.717, 1.165) is 5.56 Å². The summed E-state index contributed by atoms with van der Waals surface area (Å²) in [6, 6.07) is 14.5. The van der Waals surface area contributed by atoms with Crippen molar-refractivity contribution in [1.29, 1.82) is 0 Å². The van der Waals surface area contributed by atoms with Gasteiger partial charge >= 0.3 is 0 Å². The van der Waals surface area contributed by atoms with Crippen LogP contribution in [0, 0.1) is 10.1 Å². The molecule has 0 saturated heterocycles. The van der Waals surface area contributed by atoms with Crippen LogP contribution in [-0.4, -0.2) is 15.6 Å². The molecule has 2 aromatic carbocycles. The molecule has 0 aliphatic rings. The molecule has 0 aromatic heterocycles. The van der Waals surface area contributed by atoms with Crippen LogP contribution in [0.4, 0.5) is 5.69 Å². The summed E-state index contributed by atoms with van der Waals surface area (Å²) in [6.45, 7) is 3.78. The minimum absolute atomic E-state index is 0.0568. The molecule has 0 amide bonds. The number of nitrogens with zero attached hydrogens (tertiary/aromatic N) is 1. The van der Waals surface area contributed by atoms with Crippen LogP contribution in [0.15, 0.2) is 48.5 Å². The first-order chi connectivity index (χ1) is 10.8. The number of nitro groups is 1. The zero-order chi connectivity index (χ0) is 16.9. The highest BCUT2D eigenvalue weighted by molar-refractivity contribution is 5.45. The molecular weight excluding hydrogens is 294 g/mol. The number of aryl methyl sites for hydroxylation is 1. The Morgan fingerprint density at radius 1 is 1.17 bits per heavy atom. The molecule has 0 saturated carbocycles. The molecule has 5 nitrogen and oxygen atoms in total. The van der Waals surface area contributed by atoms with E-state index in [1.54, 1.807) is 26.0 Å². The van der Waals surface area contributed by atoms with Crippen molar-refractivity contribution in [3.05, 3.63) is 69.8 Å². The Bertz CT molecular complexity index is 662. The van der Waals surface area contributed by atoms with E-state index < -0.39 is 10.5 Å². The molecule has 2 aromatic rings. The molecule has 0 unspecified atom stereocenters. The monoisotopic (exact) mass is 315 g/mol. The van der Waals surface area contributed by atoms with Gasteiger partial charge in [0, 0.05) is 11.6 Å². The van der Waals surface area contributed by atoms with Crippen LogP contribution in [0.25, 0.3) is 0 Å². The molecule has 0 spiro atoms. The van der Waals surface area contributed by atoms with Gasteiger partial charge in [-0.15, -0.1) is 0 Å². The number of aliphatic hydroxyl groups is 1. The standard InChI is InChI=1S/C18H21NO4/c1-18(2,20)11-10-15-12-16(8-9-17(15)19(21)22)23-13-14-6-4-3-5-7-14/h3-9,12,20H,10-11,13H2,1-2H3. The molecular formula is C18H21NO4. The number of hydrogen-bond donors (Lipinski definition) is 1. The van der Waals surface area contributed by atoms with Gasteiger partial charge in [-0.25, -0.2) is 0 Å². The molecule has 0 fully saturated rings. The third kappa shape index (κ3) is 5.38. The van der Waals surface area contributed by atoms with Gasteiger partial charge in [0.15, 0.2) is 0 Å². The quantitative estimate of drug-likeness (QED) is 0.621. The fourth-order valence-corrected chi connectivity index (χ4v) is 2.21. The van der Waals surface area contributed by atoms with E-state index >= 15 is 0 Å². The van der Waals surface area contributed by atoms with Crippen LogP contribution >= 0.6 is 0 Å². The predicted octanol–water partition coefficient (Wildman–Crippen LogP) is 3.88. The van der Waals surface area contributed by atoms with Crippen molar-refractivity contribution in [1.82, 2.24) is 0 Å². The van der Waals surface area contributed by atoms with Gasteiger partial charge in [0.2, 0.25) is 0 Å². The van der Waals surface area contributed by atoms with Crippen molar-refractivity contribution < 1.29 is 14.8 Å². The highest BCUT2D eigenvalue weighted by Crippen LogP contribution is 2.27. The highest BCUT2D eigenvalue weighted by Gasteiger charge is 2.19. The molecule has 5 heteroatoms. The van der Waals surface area contributed by atoms with Crippen LogP contribution in [-0.2, 0) is 13.0 Å². The van der Waals surface area contributed by atoms with Crippen molar-refractivity contribution in [3.8, 4) is 5.75 Å². The van der Waals surface area contributed by atoms with E-state index in [1.807, 2.05) is 30.3 Å². The number of ether oxygens (including phenoxy) is 1. The van der Waals surface area contributed by atoms with Gasteiger partial charge in [-0.1, -0.05) is 30.3 Å². The summed E-state index contributed by atoms with van der Waals surface area (Å²) in [5.74, 6) is 0.588. The number of rotatable bonds is 7. The number of benzene rings is 2. The molecule has 122 valence electrons. The lowest BCUT2D eigenvalue weighted by Gasteiger charge is -2.17. The Morgan fingerprint density at radius 3 is 2.48 bits per heavy atom. The third-order valence-corrected chi connectivity index (χ3v) is 3.50. The molecule has 0 aliphatic carbocycles. The normalized spacial score (nSPS) is 11.3. The highest BCUT2D eigenvalue weighted by atomic mass is 16.6. The number of nitro benzene ring substituents is 1. The van der Waals surface area contributed by atoms with E-state index in [9.17, 15) is 15.2 Å². The number of hydrogen-bond acceptors (Lipinski definition) is 4. The summed E-state index contributed by atoms with van der Waals surface area (Å²) in [4.78, 5) is 10.7. The SMILES string of the molecule is CC(C)(O)CCc1cc(OCc2ccccc2)ccc1[N+](=O)[O-]. The van der Waals surface area contributed by atoms with Gasteiger partial charge in [-0.3, -0.25) is 10.1 Å². The second kappa shape index (κ2) is 7.24. The fraction of sp³-hybridized carbons (Fsp3) is 0.333. The lowest BCUT2D eigenvalue weighted by atomic mass is 9.98. The fourth-order valence-electron chi connectivity index (χ4n) is 2.21. The summed E-state index contributed by atoms with van der Waals surface area (Å²) < 4.78 is 5.71. The first kappa shape index (κ1) is 17.0. The van der Waals surface area contributed by atoms with E-state index in [0.29, 0.717) is 30.8 Å². The zero-order valence-corrected chi connectivity index (χ0v) is 13.4.